The fraction of sp³-hybridized carbons (Fsp3) is 0.348. The fourth-order valence-electron chi connectivity index (χ4n) is 3.31. The van der Waals surface area contributed by atoms with Gasteiger partial charge in [-0.2, -0.15) is 4.31 Å². The number of rotatable bonds is 11. The number of aromatic nitrogens is 2. The zero-order valence-electron chi connectivity index (χ0n) is 19.6. The normalized spacial score (nSPS) is 11.4. The second-order valence-electron chi connectivity index (χ2n) is 7.36. The molecule has 0 bridgehead atoms. The van der Waals surface area contributed by atoms with Crippen molar-refractivity contribution in [3.8, 4) is 23.0 Å². The Bertz CT molecular complexity index is 1220. The van der Waals surface area contributed by atoms with Crippen LogP contribution in [0.25, 0.3) is 11.5 Å². The number of sulfonamides is 1. The van der Waals surface area contributed by atoms with Gasteiger partial charge in [-0.3, -0.25) is 10.1 Å². The molecule has 0 fully saturated rings. The summed E-state index contributed by atoms with van der Waals surface area (Å²) >= 11 is 0. The third-order valence-corrected chi connectivity index (χ3v) is 6.90. The molecule has 0 saturated carbocycles. The second kappa shape index (κ2) is 11.1. The number of benzene rings is 2. The number of methoxy groups -OCH3 is 2. The number of carbonyl (C=O) groups excluding carboxylic acids is 1. The Morgan fingerprint density at radius 2 is 1.68 bits per heavy atom. The highest BCUT2D eigenvalue weighted by molar-refractivity contribution is 7.89. The lowest BCUT2D eigenvalue weighted by Gasteiger charge is -2.21. The van der Waals surface area contributed by atoms with Crippen LogP contribution in [0.3, 0.4) is 0 Å². The van der Waals surface area contributed by atoms with Crippen LogP contribution in [0.1, 0.15) is 37.0 Å². The predicted octanol–water partition coefficient (Wildman–Crippen LogP) is 3.82. The molecule has 2 aromatic carbocycles. The van der Waals surface area contributed by atoms with Gasteiger partial charge in [0.25, 0.3) is 11.8 Å². The molecule has 0 saturated heterocycles. The number of carbonyl (C=O) groups is 1. The first-order valence-corrected chi connectivity index (χ1v) is 12.3. The molecule has 0 atom stereocenters. The first-order valence-electron chi connectivity index (χ1n) is 10.8. The zero-order valence-corrected chi connectivity index (χ0v) is 20.4. The number of nitrogens with one attached hydrogen (secondary N) is 1. The van der Waals surface area contributed by atoms with E-state index < -0.39 is 15.9 Å². The van der Waals surface area contributed by atoms with Crippen molar-refractivity contribution >= 4 is 21.9 Å². The third kappa shape index (κ3) is 5.54. The monoisotopic (exact) mass is 488 g/mol. The van der Waals surface area contributed by atoms with Crippen molar-refractivity contribution in [1.82, 2.24) is 14.5 Å². The number of hydrogen-bond acceptors (Lipinski definition) is 8. The van der Waals surface area contributed by atoms with Crippen LogP contribution in [0.15, 0.2) is 51.8 Å². The van der Waals surface area contributed by atoms with E-state index >= 15 is 0 Å². The SMILES string of the molecule is CCCN(CCC)S(=O)(=O)c1ccc(C(=O)Nc2nnc(-c3cc(OC)ccc3OC)o2)cc1. The van der Waals surface area contributed by atoms with E-state index in [1.165, 1.54) is 42.8 Å². The molecule has 0 aliphatic rings. The molecular weight excluding hydrogens is 460 g/mol. The van der Waals surface area contributed by atoms with Gasteiger partial charge in [0.15, 0.2) is 0 Å². The van der Waals surface area contributed by atoms with Crippen LogP contribution in [-0.2, 0) is 10.0 Å². The van der Waals surface area contributed by atoms with Crippen molar-refractivity contribution in [3.05, 3.63) is 48.0 Å². The summed E-state index contributed by atoms with van der Waals surface area (Å²) in [5.74, 6) is 0.695. The van der Waals surface area contributed by atoms with Crippen molar-refractivity contribution in [3.63, 3.8) is 0 Å². The first-order chi connectivity index (χ1) is 16.3. The number of nitrogens with zero attached hydrogens (tertiary/aromatic N) is 3. The summed E-state index contributed by atoms with van der Waals surface area (Å²) in [5.41, 5.74) is 0.753. The Hall–Kier alpha value is -3.44. The maximum atomic E-state index is 12.9. The minimum absolute atomic E-state index is 0.112. The van der Waals surface area contributed by atoms with Crippen molar-refractivity contribution < 1.29 is 27.1 Å². The lowest BCUT2D eigenvalue weighted by Crippen LogP contribution is -2.32. The van der Waals surface area contributed by atoms with Gasteiger partial charge in [0, 0.05) is 18.7 Å². The smallest absolute Gasteiger partial charge is 0.322 e. The summed E-state index contributed by atoms with van der Waals surface area (Å²) in [6, 6.07) is 10.7. The van der Waals surface area contributed by atoms with Gasteiger partial charge in [0.1, 0.15) is 11.5 Å². The highest BCUT2D eigenvalue weighted by Gasteiger charge is 2.23. The van der Waals surface area contributed by atoms with Crippen molar-refractivity contribution in [2.24, 2.45) is 0 Å². The minimum atomic E-state index is -3.63. The average molecular weight is 489 g/mol. The highest BCUT2D eigenvalue weighted by Crippen LogP contribution is 2.33. The largest absolute Gasteiger partial charge is 0.497 e. The average Bonchev–Trinajstić information content (AvgIpc) is 3.31. The van der Waals surface area contributed by atoms with Crippen LogP contribution in [0.2, 0.25) is 0 Å². The van der Waals surface area contributed by atoms with E-state index in [9.17, 15) is 13.2 Å². The fourth-order valence-corrected chi connectivity index (χ4v) is 4.94. The van der Waals surface area contributed by atoms with Gasteiger partial charge in [-0.25, -0.2) is 8.42 Å². The van der Waals surface area contributed by atoms with E-state index in [2.05, 4.69) is 15.5 Å². The van der Waals surface area contributed by atoms with Gasteiger partial charge in [-0.15, -0.1) is 5.10 Å². The van der Waals surface area contributed by atoms with E-state index in [-0.39, 0.29) is 22.4 Å². The molecule has 3 aromatic rings. The third-order valence-electron chi connectivity index (χ3n) is 4.98. The van der Waals surface area contributed by atoms with Crippen LogP contribution in [0.5, 0.6) is 11.5 Å². The Balaban J connectivity index is 1.76. The number of hydrogen-bond donors (Lipinski definition) is 1. The lowest BCUT2D eigenvalue weighted by atomic mass is 10.2. The van der Waals surface area contributed by atoms with Crippen molar-refractivity contribution in [2.75, 3.05) is 32.6 Å². The van der Waals surface area contributed by atoms with E-state index in [1.807, 2.05) is 13.8 Å². The molecule has 34 heavy (non-hydrogen) atoms. The number of anilines is 1. The molecule has 0 spiro atoms. The molecular formula is C23H28N4O6S. The Labute approximate surface area is 198 Å². The van der Waals surface area contributed by atoms with Gasteiger partial charge in [-0.05, 0) is 55.3 Å². The van der Waals surface area contributed by atoms with E-state index in [1.54, 1.807) is 18.2 Å². The van der Waals surface area contributed by atoms with Crippen LogP contribution < -0.4 is 14.8 Å². The van der Waals surface area contributed by atoms with Crippen LogP contribution in [-0.4, -0.2) is 56.1 Å². The maximum Gasteiger partial charge on any atom is 0.322 e. The first kappa shape index (κ1) is 25.2. The summed E-state index contributed by atoms with van der Waals surface area (Å²) in [6.45, 7) is 4.74. The molecule has 0 aliphatic heterocycles. The van der Waals surface area contributed by atoms with E-state index in [0.717, 1.165) is 0 Å². The van der Waals surface area contributed by atoms with Crippen LogP contribution in [0, 0.1) is 0 Å². The summed E-state index contributed by atoms with van der Waals surface area (Å²) in [7, 11) is -0.581. The molecule has 1 heterocycles. The molecule has 1 amide bonds. The number of ether oxygens (including phenoxy) is 2. The minimum Gasteiger partial charge on any atom is -0.497 e. The second-order valence-corrected chi connectivity index (χ2v) is 9.30. The summed E-state index contributed by atoms with van der Waals surface area (Å²) in [4.78, 5) is 12.8. The molecule has 0 aliphatic carbocycles. The highest BCUT2D eigenvalue weighted by atomic mass is 32.2. The topological polar surface area (TPSA) is 124 Å². The van der Waals surface area contributed by atoms with Crippen molar-refractivity contribution in [1.29, 1.82) is 0 Å². The maximum absolute atomic E-state index is 12.9. The predicted molar refractivity (Wildman–Crippen MR) is 127 cm³/mol. The van der Waals surface area contributed by atoms with Crippen LogP contribution >= 0.6 is 0 Å². The van der Waals surface area contributed by atoms with Gasteiger partial charge >= 0.3 is 6.01 Å². The molecule has 1 aromatic heterocycles. The van der Waals surface area contributed by atoms with Gasteiger partial charge in [0.05, 0.1) is 24.7 Å². The quantitative estimate of drug-likeness (QED) is 0.432. The Kier molecular flexibility index (Phi) is 8.24. The van der Waals surface area contributed by atoms with Crippen molar-refractivity contribution in [2.45, 2.75) is 31.6 Å². The van der Waals surface area contributed by atoms with E-state index in [4.69, 9.17) is 13.9 Å². The van der Waals surface area contributed by atoms with Crippen LogP contribution in [0.4, 0.5) is 6.01 Å². The molecule has 182 valence electrons. The van der Waals surface area contributed by atoms with E-state index in [0.29, 0.717) is 43.0 Å². The molecule has 3 rings (SSSR count). The lowest BCUT2D eigenvalue weighted by molar-refractivity contribution is 0.102. The van der Waals surface area contributed by atoms with Gasteiger partial charge < -0.3 is 13.9 Å². The molecule has 11 heteroatoms. The summed E-state index contributed by atoms with van der Waals surface area (Å²) in [6.07, 6.45) is 1.43. The zero-order chi connectivity index (χ0) is 24.7. The summed E-state index contributed by atoms with van der Waals surface area (Å²) in [5, 5.41) is 10.4. The Morgan fingerprint density at radius 1 is 1.00 bits per heavy atom. The van der Waals surface area contributed by atoms with Gasteiger partial charge in [-0.1, -0.05) is 18.9 Å². The standard InChI is InChI=1S/C23H28N4O6S/c1-5-13-27(14-6-2)34(29,30)18-10-7-16(8-11-18)21(28)24-23-26-25-22(33-23)19-15-17(31-3)9-12-20(19)32-4/h7-12,15H,5-6,13-14H2,1-4H3,(H,24,26,28). The molecule has 10 nitrogen and oxygen atoms in total. The Morgan fingerprint density at radius 3 is 2.26 bits per heavy atom. The summed E-state index contributed by atoms with van der Waals surface area (Å²) < 4.78 is 43.4. The molecule has 0 radical (unpaired) electrons. The molecule has 0 unspecified atom stereocenters. The molecule has 1 N–H and O–H groups in total. The van der Waals surface area contributed by atoms with Gasteiger partial charge in [0.2, 0.25) is 10.0 Å². The number of amides is 1.